The Morgan fingerprint density at radius 2 is 1.75 bits per heavy atom. The molecule has 28 heavy (non-hydrogen) atoms. The van der Waals surface area contributed by atoms with E-state index in [0.29, 0.717) is 25.3 Å². The van der Waals surface area contributed by atoms with Crippen LogP contribution < -0.4 is 4.90 Å². The number of hydrogen-bond donors (Lipinski definition) is 0. The lowest BCUT2D eigenvalue weighted by molar-refractivity contribution is -0.131. The van der Waals surface area contributed by atoms with Gasteiger partial charge in [-0.05, 0) is 42.5 Å². The van der Waals surface area contributed by atoms with Crippen molar-refractivity contribution in [2.45, 2.75) is 11.3 Å². The minimum Gasteiger partial charge on any atom is -0.345 e. The van der Waals surface area contributed by atoms with Gasteiger partial charge in [-0.15, -0.1) is 11.8 Å². The number of nitrogens with zero attached hydrogens (tertiary/aromatic N) is 3. The van der Waals surface area contributed by atoms with E-state index in [1.54, 1.807) is 30.0 Å². The Bertz CT molecular complexity index is 969. The maximum absolute atomic E-state index is 13.4. The predicted octanol–water partition coefficient (Wildman–Crippen LogP) is 4.41. The SMILES string of the molecule is O=C(CCSc1ccc(F)cc1)N1CCN(c2nc3ccc(F)cc3s2)CC1. The molecule has 146 valence electrons. The highest BCUT2D eigenvalue weighted by atomic mass is 32.2. The van der Waals surface area contributed by atoms with Crippen LogP contribution in [0.2, 0.25) is 0 Å². The van der Waals surface area contributed by atoms with Crippen molar-refractivity contribution in [3.63, 3.8) is 0 Å². The Balaban J connectivity index is 1.27. The molecular formula is C20H19F2N3OS2. The maximum atomic E-state index is 13.4. The first kappa shape index (κ1) is 19.1. The number of halogens is 2. The average Bonchev–Trinajstić information content (AvgIpc) is 3.12. The van der Waals surface area contributed by atoms with Crippen molar-refractivity contribution in [3.8, 4) is 0 Å². The van der Waals surface area contributed by atoms with Gasteiger partial charge in [0, 0.05) is 43.2 Å². The summed E-state index contributed by atoms with van der Waals surface area (Å²) < 4.78 is 27.1. The summed E-state index contributed by atoms with van der Waals surface area (Å²) in [6, 6.07) is 10.9. The van der Waals surface area contributed by atoms with E-state index in [1.165, 1.54) is 35.6 Å². The number of anilines is 1. The van der Waals surface area contributed by atoms with Gasteiger partial charge in [-0.25, -0.2) is 13.8 Å². The summed E-state index contributed by atoms with van der Waals surface area (Å²) in [7, 11) is 0. The van der Waals surface area contributed by atoms with Gasteiger partial charge in [0.2, 0.25) is 5.91 Å². The standard InChI is InChI=1S/C20H19F2N3OS2/c21-14-1-4-16(5-2-14)27-12-7-19(26)24-8-10-25(11-9-24)20-23-17-6-3-15(22)13-18(17)28-20/h1-6,13H,7-12H2. The Morgan fingerprint density at radius 3 is 2.50 bits per heavy atom. The Labute approximate surface area is 170 Å². The molecule has 0 aliphatic carbocycles. The van der Waals surface area contributed by atoms with Crippen LogP contribution in [-0.4, -0.2) is 47.7 Å². The zero-order valence-corrected chi connectivity index (χ0v) is 16.7. The number of piperazine rings is 1. The van der Waals surface area contributed by atoms with Crippen molar-refractivity contribution in [2.24, 2.45) is 0 Å². The number of carbonyl (C=O) groups excluding carboxylic acids is 1. The normalized spacial score (nSPS) is 14.6. The summed E-state index contributed by atoms with van der Waals surface area (Å²) in [4.78, 5) is 22.0. The van der Waals surface area contributed by atoms with Gasteiger partial charge in [-0.2, -0.15) is 0 Å². The molecule has 4 nitrogen and oxygen atoms in total. The third-order valence-electron chi connectivity index (χ3n) is 4.64. The van der Waals surface area contributed by atoms with Gasteiger partial charge < -0.3 is 9.80 Å². The fourth-order valence-corrected chi connectivity index (χ4v) is 5.00. The molecule has 1 aromatic heterocycles. The van der Waals surface area contributed by atoms with Gasteiger partial charge in [0.15, 0.2) is 5.13 Å². The summed E-state index contributed by atoms with van der Waals surface area (Å²) in [6.45, 7) is 2.76. The summed E-state index contributed by atoms with van der Waals surface area (Å²) in [5, 5.41) is 0.875. The molecule has 3 aromatic rings. The molecule has 0 bridgehead atoms. The van der Waals surface area contributed by atoms with E-state index in [9.17, 15) is 13.6 Å². The van der Waals surface area contributed by atoms with E-state index < -0.39 is 0 Å². The highest BCUT2D eigenvalue weighted by molar-refractivity contribution is 7.99. The van der Waals surface area contributed by atoms with Crippen LogP contribution in [0.4, 0.5) is 13.9 Å². The molecule has 1 amide bonds. The molecule has 0 unspecified atom stereocenters. The van der Waals surface area contributed by atoms with Crippen molar-refractivity contribution >= 4 is 44.4 Å². The number of benzene rings is 2. The van der Waals surface area contributed by atoms with E-state index in [1.807, 2.05) is 4.90 Å². The zero-order valence-electron chi connectivity index (χ0n) is 15.1. The maximum Gasteiger partial charge on any atom is 0.223 e. The molecule has 0 radical (unpaired) electrons. The second-order valence-electron chi connectivity index (χ2n) is 6.53. The van der Waals surface area contributed by atoms with Gasteiger partial charge in [-0.1, -0.05) is 11.3 Å². The predicted molar refractivity (Wildman–Crippen MR) is 110 cm³/mol. The summed E-state index contributed by atoms with van der Waals surface area (Å²) in [5.74, 6) is 0.308. The van der Waals surface area contributed by atoms with Crippen molar-refractivity contribution in [1.82, 2.24) is 9.88 Å². The smallest absolute Gasteiger partial charge is 0.223 e. The first-order valence-electron chi connectivity index (χ1n) is 9.06. The molecule has 1 aliphatic rings. The Kier molecular flexibility index (Phi) is 5.77. The molecule has 2 heterocycles. The highest BCUT2D eigenvalue weighted by Crippen LogP contribution is 2.30. The number of amides is 1. The van der Waals surface area contributed by atoms with Gasteiger partial charge in [-0.3, -0.25) is 4.79 Å². The Hall–Kier alpha value is -2.19. The number of rotatable bonds is 5. The van der Waals surface area contributed by atoms with Crippen LogP contribution >= 0.6 is 23.1 Å². The first-order valence-corrected chi connectivity index (χ1v) is 10.9. The van der Waals surface area contributed by atoms with Crippen LogP contribution in [0.25, 0.3) is 10.2 Å². The lowest BCUT2D eigenvalue weighted by Crippen LogP contribution is -2.48. The molecule has 0 spiro atoms. The topological polar surface area (TPSA) is 36.4 Å². The van der Waals surface area contributed by atoms with E-state index in [-0.39, 0.29) is 17.5 Å². The van der Waals surface area contributed by atoms with E-state index in [4.69, 9.17) is 0 Å². The molecule has 2 aromatic carbocycles. The van der Waals surface area contributed by atoms with E-state index in [0.717, 1.165) is 33.3 Å². The van der Waals surface area contributed by atoms with Crippen molar-refractivity contribution < 1.29 is 13.6 Å². The third-order valence-corrected chi connectivity index (χ3v) is 6.73. The highest BCUT2D eigenvalue weighted by Gasteiger charge is 2.23. The lowest BCUT2D eigenvalue weighted by Gasteiger charge is -2.34. The minimum atomic E-state index is -0.253. The number of hydrogen-bond acceptors (Lipinski definition) is 5. The minimum absolute atomic E-state index is 0.139. The monoisotopic (exact) mass is 419 g/mol. The first-order chi connectivity index (χ1) is 13.6. The number of carbonyl (C=O) groups is 1. The molecule has 0 atom stereocenters. The van der Waals surface area contributed by atoms with Crippen LogP contribution in [0.3, 0.4) is 0 Å². The van der Waals surface area contributed by atoms with E-state index in [2.05, 4.69) is 9.88 Å². The molecule has 8 heteroatoms. The Morgan fingerprint density at radius 1 is 1.04 bits per heavy atom. The van der Waals surface area contributed by atoms with Crippen LogP contribution in [0.15, 0.2) is 47.4 Å². The zero-order chi connectivity index (χ0) is 19.5. The van der Waals surface area contributed by atoms with Gasteiger partial charge in [0.05, 0.1) is 10.2 Å². The molecule has 4 rings (SSSR count). The van der Waals surface area contributed by atoms with Crippen LogP contribution in [0, 0.1) is 11.6 Å². The summed E-state index contributed by atoms with van der Waals surface area (Å²) in [5.41, 5.74) is 0.803. The number of thioether (sulfide) groups is 1. The van der Waals surface area contributed by atoms with Crippen molar-refractivity contribution in [3.05, 3.63) is 54.1 Å². The summed E-state index contributed by atoms with van der Waals surface area (Å²) in [6.07, 6.45) is 0.461. The molecule has 1 saturated heterocycles. The second kappa shape index (κ2) is 8.45. The lowest BCUT2D eigenvalue weighted by atomic mass is 10.3. The van der Waals surface area contributed by atoms with Crippen LogP contribution in [0.5, 0.6) is 0 Å². The fourth-order valence-electron chi connectivity index (χ4n) is 3.11. The van der Waals surface area contributed by atoms with Gasteiger partial charge >= 0.3 is 0 Å². The van der Waals surface area contributed by atoms with Crippen LogP contribution in [0.1, 0.15) is 6.42 Å². The molecule has 1 aliphatic heterocycles. The molecule has 1 fully saturated rings. The number of fused-ring (bicyclic) bond motifs is 1. The van der Waals surface area contributed by atoms with E-state index >= 15 is 0 Å². The summed E-state index contributed by atoms with van der Waals surface area (Å²) >= 11 is 3.04. The number of aromatic nitrogens is 1. The number of thiazole rings is 1. The molecular weight excluding hydrogens is 400 g/mol. The van der Waals surface area contributed by atoms with Gasteiger partial charge in [0.1, 0.15) is 11.6 Å². The quantitative estimate of drug-likeness (QED) is 0.574. The fraction of sp³-hybridized carbons (Fsp3) is 0.300. The van der Waals surface area contributed by atoms with Crippen molar-refractivity contribution in [1.29, 1.82) is 0 Å². The third kappa shape index (κ3) is 4.44. The van der Waals surface area contributed by atoms with Crippen molar-refractivity contribution in [2.75, 3.05) is 36.8 Å². The largest absolute Gasteiger partial charge is 0.345 e. The molecule has 0 saturated carbocycles. The van der Waals surface area contributed by atoms with Crippen LogP contribution in [-0.2, 0) is 4.79 Å². The second-order valence-corrected chi connectivity index (χ2v) is 8.71. The van der Waals surface area contributed by atoms with Gasteiger partial charge in [0.25, 0.3) is 0 Å². The average molecular weight is 420 g/mol. The molecule has 0 N–H and O–H groups in total.